The molecule has 3 aliphatic rings. The third-order valence-electron chi connectivity index (χ3n) is 8.55. The number of carbonyl (C=O) groups excluding carboxylic acids is 1. The van der Waals surface area contributed by atoms with Crippen LogP contribution in [0, 0.1) is 23.2 Å². The van der Waals surface area contributed by atoms with Gasteiger partial charge in [0, 0.05) is 17.2 Å². The summed E-state index contributed by atoms with van der Waals surface area (Å²) in [5, 5.41) is 12.0. The topological polar surface area (TPSA) is 70.3 Å². The summed E-state index contributed by atoms with van der Waals surface area (Å²) in [7, 11) is 0. The number of carbonyl (C=O) groups is 1. The number of hydrogen-bond acceptors (Lipinski definition) is 8. The first-order valence-electron chi connectivity index (χ1n) is 15.9. The minimum Gasteiger partial charge on any atom is -0.297 e. The molecular formula is C35H55N5OS2. The van der Waals surface area contributed by atoms with E-state index in [0.717, 1.165) is 39.1 Å². The van der Waals surface area contributed by atoms with Crippen molar-refractivity contribution in [3.05, 3.63) is 40.4 Å². The highest BCUT2D eigenvalue weighted by molar-refractivity contribution is 8.15. The molecule has 3 heterocycles. The SMILES string of the molecule is CC(C)(C)C(=O)C1CSC(c2nc3ccc(C(C)(C)C)cc3s2)=N1.CC(C)C1=CC(C)C1C.CC1N=NN(C(C)C)C1C. The van der Waals surface area contributed by atoms with Crippen LogP contribution in [-0.4, -0.2) is 50.7 Å². The lowest BCUT2D eigenvalue weighted by atomic mass is 9.72. The van der Waals surface area contributed by atoms with E-state index in [0.29, 0.717) is 18.1 Å². The molecule has 0 radical (unpaired) electrons. The molecule has 0 bridgehead atoms. The van der Waals surface area contributed by atoms with Crippen molar-refractivity contribution >= 4 is 44.1 Å². The Balaban J connectivity index is 0.000000218. The summed E-state index contributed by atoms with van der Waals surface area (Å²) in [4.78, 5) is 21.8. The first kappa shape index (κ1) is 35.4. The molecule has 0 amide bonds. The zero-order valence-electron chi connectivity index (χ0n) is 29.0. The Morgan fingerprint density at radius 1 is 1.00 bits per heavy atom. The number of Topliss-reactive ketones (excluding diaryl/α,β-unsaturated/α-hetero) is 1. The number of ketones is 1. The predicted octanol–water partition coefficient (Wildman–Crippen LogP) is 9.78. The van der Waals surface area contributed by atoms with Crippen molar-refractivity contribution in [3.8, 4) is 0 Å². The second kappa shape index (κ2) is 13.9. The van der Waals surface area contributed by atoms with Gasteiger partial charge >= 0.3 is 0 Å². The lowest BCUT2D eigenvalue weighted by Gasteiger charge is -2.33. The number of benzene rings is 1. The van der Waals surface area contributed by atoms with Gasteiger partial charge in [-0.3, -0.25) is 14.8 Å². The summed E-state index contributed by atoms with van der Waals surface area (Å²) in [6.07, 6.45) is 2.40. The number of thioether (sulfide) groups is 1. The van der Waals surface area contributed by atoms with Crippen LogP contribution in [0.15, 0.2) is 45.2 Å². The van der Waals surface area contributed by atoms with Gasteiger partial charge < -0.3 is 0 Å². The molecule has 0 fully saturated rings. The molecule has 1 aromatic heterocycles. The second-order valence-electron chi connectivity index (χ2n) is 15.0. The fourth-order valence-corrected chi connectivity index (χ4v) is 7.33. The number of thiazole rings is 1. The molecule has 0 saturated heterocycles. The van der Waals surface area contributed by atoms with Crippen LogP contribution in [0.4, 0.5) is 0 Å². The van der Waals surface area contributed by atoms with E-state index >= 15 is 0 Å². The van der Waals surface area contributed by atoms with Gasteiger partial charge in [-0.1, -0.05) is 92.2 Å². The molecule has 8 heteroatoms. The van der Waals surface area contributed by atoms with Crippen LogP contribution in [0.1, 0.15) is 108 Å². The van der Waals surface area contributed by atoms with Crippen LogP contribution in [0.3, 0.4) is 0 Å². The lowest BCUT2D eigenvalue weighted by Crippen LogP contribution is -2.35. The molecular weight excluding hydrogens is 571 g/mol. The van der Waals surface area contributed by atoms with Crippen LogP contribution in [0.5, 0.6) is 0 Å². The van der Waals surface area contributed by atoms with E-state index in [2.05, 4.69) is 116 Å². The van der Waals surface area contributed by atoms with Gasteiger partial charge in [0.05, 0.1) is 22.3 Å². The minimum absolute atomic E-state index is 0.127. The van der Waals surface area contributed by atoms with Gasteiger partial charge in [-0.2, -0.15) is 5.11 Å². The molecule has 6 nitrogen and oxygen atoms in total. The molecule has 238 valence electrons. The van der Waals surface area contributed by atoms with E-state index in [4.69, 9.17) is 4.98 Å². The van der Waals surface area contributed by atoms with Crippen molar-refractivity contribution in [2.24, 2.45) is 38.5 Å². The number of nitrogens with zero attached hydrogens (tertiary/aromatic N) is 5. The molecule has 1 aromatic carbocycles. The number of aliphatic imine (C=N–C) groups is 1. The van der Waals surface area contributed by atoms with Crippen LogP contribution in [-0.2, 0) is 10.2 Å². The van der Waals surface area contributed by atoms with Crippen molar-refractivity contribution in [3.63, 3.8) is 0 Å². The number of hydrogen-bond donors (Lipinski definition) is 0. The standard InChI is InChI=1S/C19H24N2OS2.C9H16.C7H15N3/c1-18(2,3)11-7-8-12-14(9-11)24-17(20-12)16-21-13(10-23-16)15(22)19(4,5)6;1-6(2)9-5-7(3)8(9)4;1-5(2)10-7(4)6(3)8-9-10/h7-9,13H,10H2,1-6H3;5-8H,1-4H3;5-7H,1-4H3. The molecule has 0 saturated carbocycles. The molecule has 1 aliphatic carbocycles. The smallest absolute Gasteiger partial charge is 0.163 e. The van der Waals surface area contributed by atoms with E-state index in [1.165, 1.54) is 10.3 Å². The Labute approximate surface area is 269 Å². The summed E-state index contributed by atoms with van der Waals surface area (Å²) in [6.45, 7) is 30.2. The Kier molecular flexibility index (Phi) is 11.5. The summed E-state index contributed by atoms with van der Waals surface area (Å²) in [5.74, 6) is 3.40. The highest BCUT2D eigenvalue weighted by atomic mass is 32.2. The van der Waals surface area contributed by atoms with Gasteiger partial charge in [0.1, 0.15) is 16.1 Å². The largest absolute Gasteiger partial charge is 0.297 e. The van der Waals surface area contributed by atoms with Gasteiger partial charge in [0.25, 0.3) is 0 Å². The van der Waals surface area contributed by atoms with Gasteiger partial charge in [0.2, 0.25) is 0 Å². The normalized spacial score (nSPS) is 25.2. The summed E-state index contributed by atoms with van der Waals surface area (Å²) in [6, 6.07) is 7.55. The van der Waals surface area contributed by atoms with Gasteiger partial charge in [-0.05, 0) is 68.6 Å². The van der Waals surface area contributed by atoms with Crippen LogP contribution < -0.4 is 0 Å². The number of aromatic nitrogens is 1. The third-order valence-corrected chi connectivity index (χ3v) is 10.8. The molecule has 2 aliphatic heterocycles. The minimum atomic E-state index is -0.348. The van der Waals surface area contributed by atoms with Gasteiger partial charge in [-0.25, -0.2) is 4.98 Å². The van der Waals surface area contributed by atoms with E-state index in [1.54, 1.807) is 28.7 Å². The molecule has 0 spiro atoms. The van der Waals surface area contributed by atoms with Crippen molar-refractivity contribution in [2.45, 2.75) is 127 Å². The second-order valence-corrected chi connectivity index (χ2v) is 17.0. The number of allylic oxidation sites excluding steroid dienone is 2. The first-order valence-corrected chi connectivity index (χ1v) is 17.7. The highest BCUT2D eigenvalue weighted by Crippen LogP contribution is 2.37. The van der Waals surface area contributed by atoms with Crippen molar-refractivity contribution in [2.75, 3.05) is 5.75 Å². The maximum absolute atomic E-state index is 12.4. The van der Waals surface area contributed by atoms with Crippen molar-refractivity contribution < 1.29 is 4.79 Å². The molecule has 43 heavy (non-hydrogen) atoms. The van der Waals surface area contributed by atoms with E-state index in [9.17, 15) is 4.79 Å². The number of rotatable bonds is 4. The summed E-state index contributed by atoms with van der Waals surface area (Å²) >= 11 is 3.32. The Bertz CT molecular complexity index is 1360. The molecule has 0 N–H and O–H groups in total. The maximum Gasteiger partial charge on any atom is 0.163 e. The monoisotopic (exact) mass is 625 g/mol. The maximum atomic E-state index is 12.4. The van der Waals surface area contributed by atoms with Crippen LogP contribution >= 0.6 is 23.1 Å². The van der Waals surface area contributed by atoms with Crippen molar-refractivity contribution in [1.82, 2.24) is 9.99 Å². The summed E-state index contributed by atoms with van der Waals surface area (Å²) < 4.78 is 1.19. The first-order chi connectivity index (χ1) is 19.8. The average Bonchev–Trinajstić information content (AvgIpc) is 3.64. The lowest BCUT2D eigenvalue weighted by molar-refractivity contribution is -0.126. The van der Waals surface area contributed by atoms with E-state index in [1.807, 2.05) is 25.8 Å². The van der Waals surface area contributed by atoms with E-state index < -0.39 is 0 Å². The Morgan fingerprint density at radius 2 is 1.65 bits per heavy atom. The van der Waals surface area contributed by atoms with E-state index in [-0.39, 0.29) is 22.7 Å². The number of fused-ring (bicyclic) bond motifs is 1. The molecule has 5 rings (SSSR count). The zero-order valence-corrected chi connectivity index (χ0v) is 30.7. The Hall–Kier alpha value is -2.06. The molecule has 5 atom stereocenters. The molecule has 2 aromatic rings. The van der Waals surface area contributed by atoms with Gasteiger partial charge in [0.15, 0.2) is 5.78 Å². The predicted molar refractivity (Wildman–Crippen MR) is 188 cm³/mol. The average molecular weight is 626 g/mol. The highest BCUT2D eigenvalue weighted by Gasteiger charge is 2.34. The van der Waals surface area contributed by atoms with Gasteiger partial charge in [-0.15, -0.1) is 23.1 Å². The zero-order chi connectivity index (χ0) is 32.4. The quantitative estimate of drug-likeness (QED) is 0.317. The van der Waals surface area contributed by atoms with Crippen LogP contribution in [0.2, 0.25) is 0 Å². The van der Waals surface area contributed by atoms with Crippen LogP contribution in [0.25, 0.3) is 10.2 Å². The fourth-order valence-electron chi connectivity index (χ4n) is 5.22. The fraction of sp³-hybridized carbons (Fsp3) is 0.686. The Morgan fingerprint density at radius 3 is 2.07 bits per heavy atom. The third kappa shape index (κ3) is 8.78. The molecule has 5 unspecified atom stereocenters. The summed E-state index contributed by atoms with van der Waals surface area (Å²) in [5.41, 5.74) is 3.76. The van der Waals surface area contributed by atoms with Crippen molar-refractivity contribution in [1.29, 1.82) is 0 Å².